The molecule has 0 aliphatic carbocycles. The second kappa shape index (κ2) is 10.0. The van der Waals surface area contributed by atoms with E-state index in [0.29, 0.717) is 6.07 Å². The molecule has 0 radical (unpaired) electrons. The van der Waals surface area contributed by atoms with Gasteiger partial charge >= 0.3 is 12.3 Å². The summed E-state index contributed by atoms with van der Waals surface area (Å²) in [7, 11) is 1.24. The number of aliphatic hydroxyl groups is 1. The first kappa shape index (κ1) is 28.1. The van der Waals surface area contributed by atoms with Crippen molar-refractivity contribution in [3.8, 4) is 22.6 Å². The predicted octanol–water partition coefficient (Wildman–Crippen LogP) is 6.25. The Kier molecular flexibility index (Phi) is 7.21. The van der Waals surface area contributed by atoms with Gasteiger partial charge in [0.2, 0.25) is 0 Å². The number of ether oxygens (including phenoxy) is 2. The summed E-state index contributed by atoms with van der Waals surface area (Å²) in [5, 5.41) is 19.6. The van der Waals surface area contributed by atoms with Crippen molar-refractivity contribution in [2.45, 2.75) is 24.6 Å². The number of alkyl halides is 3. The molecule has 2 atom stereocenters. The Hall–Kier alpha value is -3.90. The highest BCUT2D eigenvalue weighted by Gasteiger charge is 2.59. The Balaban J connectivity index is 1.77. The molecule has 2 N–H and O–H groups in total. The van der Waals surface area contributed by atoms with E-state index in [9.17, 15) is 36.6 Å². The number of carboxylic acid groups (broad SMARTS) is 1. The molecule has 4 rings (SSSR count). The zero-order chi connectivity index (χ0) is 28.9. The topological polar surface area (TPSA) is 96.3 Å². The first-order valence-electron chi connectivity index (χ1n) is 11.2. The summed E-state index contributed by atoms with van der Waals surface area (Å²) in [5.41, 5.74) is -4.50. The Morgan fingerprint density at radius 2 is 1.72 bits per heavy atom. The summed E-state index contributed by atoms with van der Waals surface area (Å²) in [6.07, 6.45) is -7.04. The van der Waals surface area contributed by atoms with Crippen LogP contribution in [-0.2, 0) is 10.4 Å². The van der Waals surface area contributed by atoms with Gasteiger partial charge in [-0.15, -0.1) is 0 Å². The molecule has 0 saturated heterocycles. The molecule has 0 bridgehead atoms. The van der Waals surface area contributed by atoms with Crippen LogP contribution in [0.1, 0.15) is 24.0 Å². The summed E-state index contributed by atoms with van der Waals surface area (Å²) in [4.78, 5) is 23.6. The highest BCUT2D eigenvalue weighted by molar-refractivity contribution is 6.31. The molecule has 0 saturated carbocycles. The number of likely N-dealkylation sites (N-methyl/N-ethyl adjacent to an activating group) is 1. The minimum absolute atomic E-state index is 0.162. The zero-order valence-corrected chi connectivity index (χ0v) is 20.9. The predicted molar refractivity (Wildman–Crippen MR) is 129 cm³/mol. The number of nitrogens with zero attached hydrogens (tertiary/aromatic N) is 1. The van der Waals surface area contributed by atoms with Crippen LogP contribution in [-0.4, -0.2) is 42.1 Å². The zero-order valence-electron chi connectivity index (χ0n) is 20.1. The van der Waals surface area contributed by atoms with Gasteiger partial charge in [-0.2, -0.15) is 13.2 Å². The molecule has 0 aromatic heterocycles. The Morgan fingerprint density at radius 1 is 1.08 bits per heavy atom. The lowest BCUT2D eigenvalue weighted by Gasteiger charge is -2.38. The van der Waals surface area contributed by atoms with Crippen LogP contribution >= 0.6 is 11.6 Å². The fraction of sp³-hybridized carbons (Fsp3) is 0.231. The molecule has 2 unspecified atom stereocenters. The summed E-state index contributed by atoms with van der Waals surface area (Å²) >= 11 is 6.32. The van der Waals surface area contributed by atoms with E-state index < -0.39 is 65.1 Å². The Bertz CT molecular complexity index is 1480. The molecule has 1 aliphatic heterocycles. The van der Waals surface area contributed by atoms with Gasteiger partial charge in [-0.3, -0.25) is 4.79 Å². The molecule has 0 spiro atoms. The SMILES string of the molecule is CC(c1ccc(-c2ccc(OC(=O)O)c(F)c2)cc1Cl)C(O)(c1cc(F)c2c(c1)N(C)C(=O)CO2)C(F)(F)F. The summed E-state index contributed by atoms with van der Waals surface area (Å²) in [6, 6.07) is 8.43. The van der Waals surface area contributed by atoms with Crippen LogP contribution in [0.3, 0.4) is 0 Å². The number of hydrogen-bond acceptors (Lipinski definition) is 5. The number of carbonyl (C=O) groups excluding carboxylic acids is 1. The normalized spacial score (nSPS) is 15.7. The maximum atomic E-state index is 14.8. The van der Waals surface area contributed by atoms with Crippen LogP contribution in [0.15, 0.2) is 48.5 Å². The van der Waals surface area contributed by atoms with E-state index in [1.807, 2.05) is 0 Å². The number of halogens is 6. The monoisotopic (exact) mass is 571 g/mol. The molecule has 13 heteroatoms. The third kappa shape index (κ3) is 4.97. The molecule has 3 aromatic carbocycles. The lowest BCUT2D eigenvalue weighted by Crippen LogP contribution is -2.47. The third-order valence-electron chi connectivity index (χ3n) is 6.53. The van der Waals surface area contributed by atoms with Crippen molar-refractivity contribution in [2.75, 3.05) is 18.6 Å². The van der Waals surface area contributed by atoms with Gasteiger partial charge in [0.15, 0.2) is 35.3 Å². The average Bonchev–Trinajstić information content (AvgIpc) is 2.85. The molecule has 3 aromatic rings. The minimum Gasteiger partial charge on any atom is -0.478 e. The van der Waals surface area contributed by atoms with E-state index in [0.717, 1.165) is 30.0 Å². The summed E-state index contributed by atoms with van der Waals surface area (Å²) in [6.45, 7) is 0.551. The average molecular weight is 572 g/mol. The molecule has 7 nitrogen and oxygen atoms in total. The summed E-state index contributed by atoms with van der Waals surface area (Å²) in [5.74, 6) is -5.59. The van der Waals surface area contributed by atoms with Gasteiger partial charge in [-0.25, -0.2) is 13.6 Å². The molecule has 206 valence electrons. The number of rotatable bonds is 5. The van der Waals surface area contributed by atoms with Gasteiger partial charge in [0, 0.05) is 18.0 Å². The first-order chi connectivity index (χ1) is 18.1. The van der Waals surface area contributed by atoms with Crippen LogP contribution in [0.2, 0.25) is 5.02 Å². The van der Waals surface area contributed by atoms with Crippen molar-refractivity contribution in [1.82, 2.24) is 0 Å². The van der Waals surface area contributed by atoms with Gasteiger partial charge < -0.3 is 24.6 Å². The molecule has 1 heterocycles. The highest BCUT2D eigenvalue weighted by atomic mass is 35.5. The molecule has 0 fully saturated rings. The van der Waals surface area contributed by atoms with Crippen LogP contribution in [0.5, 0.6) is 11.5 Å². The lowest BCUT2D eigenvalue weighted by atomic mass is 9.77. The first-order valence-corrected chi connectivity index (χ1v) is 11.6. The van der Waals surface area contributed by atoms with Crippen molar-refractivity contribution in [3.05, 3.63) is 76.3 Å². The fourth-order valence-corrected chi connectivity index (χ4v) is 4.70. The van der Waals surface area contributed by atoms with Gasteiger partial charge in [-0.1, -0.05) is 36.7 Å². The number of hydrogen-bond donors (Lipinski definition) is 2. The lowest BCUT2D eigenvalue weighted by molar-refractivity contribution is -0.274. The number of fused-ring (bicyclic) bond motifs is 1. The van der Waals surface area contributed by atoms with Crippen LogP contribution < -0.4 is 14.4 Å². The Morgan fingerprint density at radius 3 is 2.31 bits per heavy atom. The van der Waals surface area contributed by atoms with E-state index in [-0.39, 0.29) is 27.4 Å². The van der Waals surface area contributed by atoms with Crippen LogP contribution in [0, 0.1) is 11.6 Å². The maximum absolute atomic E-state index is 14.8. The molecule has 1 amide bonds. The standard InChI is InChI=1S/C26H19ClF5NO6/c1-12(16-5-3-13(7-17(16)27)14-4-6-21(18(28)8-14)39-24(35)36)25(37,26(30,31)32)15-9-19(29)23-20(10-15)33(2)22(34)11-38-23/h3-10,12,37H,11H2,1-2H3,(H,35,36). The number of benzene rings is 3. The van der Waals surface area contributed by atoms with E-state index in [1.165, 1.54) is 31.3 Å². The molecule has 1 aliphatic rings. The number of anilines is 1. The highest BCUT2D eigenvalue weighted by Crippen LogP contribution is 2.52. The number of carbonyl (C=O) groups is 2. The van der Waals surface area contributed by atoms with Gasteiger partial charge in [0.1, 0.15) is 0 Å². The summed E-state index contributed by atoms with van der Waals surface area (Å²) < 4.78 is 81.9. The number of amides is 1. The van der Waals surface area contributed by atoms with Crippen LogP contribution in [0.25, 0.3) is 11.1 Å². The van der Waals surface area contributed by atoms with Crippen molar-refractivity contribution in [2.24, 2.45) is 0 Å². The minimum atomic E-state index is -5.32. The van der Waals surface area contributed by atoms with Crippen molar-refractivity contribution < 1.29 is 51.2 Å². The Labute approximate surface area is 222 Å². The fourth-order valence-electron chi connectivity index (χ4n) is 4.36. The maximum Gasteiger partial charge on any atom is 0.511 e. The van der Waals surface area contributed by atoms with Crippen LogP contribution in [0.4, 0.5) is 32.4 Å². The molecular formula is C26H19ClF5NO6. The molecular weight excluding hydrogens is 553 g/mol. The van der Waals surface area contributed by atoms with E-state index >= 15 is 0 Å². The smallest absolute Gasteiger partial charge is 0.478 e. The van der Waals surface area contributed by atoms with E-state index in [2.05, 4.69) is 4.74 Å². The van der Waals surface area contributed by atoms with E-state index in [4.69, 9.17) is 21.4 Å². The van der Waals surface area contributed by atoms with Gasteiger partial charge in [0.05, 0.1) is 5.69 Å². The third-order valence-corrected chi connectivity index (χ3v) is 6.86. The van der Waals surface area contributed by atoms with Crippen molar-refractivity contribution in [1.29, 1.82) is 0 Å². The quantitative estimate of drug-likeness (QED) is 0.213. The van der Waals surface area contributed by atoms with Crippen molar-refractivity contribution in [3.63, 3.8) is 0 Å². The van der Waals surface area contributed by atoms with Gasteiger partial charge in [-0.05, 0) is 52.6 Å². The van der Waals surface area contributed by atoms with Crippen molar-refractivity contribution >= 4 is 29.4 Å². The second-order valence-corrected chi connectivity index (χ2v) is 9.19. The van der Waals surface area contributed by atoms with Gasteiger partial charge in [0.25, 0.3) is 5.91 Å². The second-order valence-electron chi connectivity index (χ2n) is 8.78. The largest absolute Gasteiger partial charge is 0.511 e. The van der Waals surface area contributed by atoms with E-state index in [1.54, 1.807) is 0 Å². The molecule has 39 heavy (non-hydrogen) atoms.